The number of carbonyl (C=O) groups is 1. The largest absolute Gasteiger partial charge is 0.317 e. The predicted octanol–water partition coefficient (Wildman–Crippen LogP) is 2.43. The fourth-order valence-electron chi connectivity index (χ4n) is 3.64. The van der Waals surface area contributed by atoms with Crippen molar-refractivity contribution in [3.05, 3.63) is 22.5 Å². The van der Waals surface area contributed by atoms with E-state index in [0.717, 1.165) is 50.4 Å². The number of aryl methyl sites for hydroxylation is 1. The highest BCUT2D eigenvalue weighted by Gasteiger charge is 2.23. The lowest BCUT2D eigenvalue weighted by molar-refractivity contribution is 0.102. The molecule has 2 N–H and O–H groups in total. The molecule has 2 aromatic heterocycles. The maximum Gasteiger partial charge on any atom is 0.279 e. The first-order valence-electron chi connectivity index (χ1n) is 9.15. The average Bonchev–Trinajstić information content (AvgIpc) is 3.28. The zero-order valence-electron chi connectivity index (χ0n) is 14.5. The molecule has 1 unspecified atom stereocenters. The number of carbonyl (C=O) groups excluding carboxylic acids is 1. The van der Waals surface area contributed by atoms with Gasteiger partial charge in [-0.05, 0) is 51.1 Å². The number of hydrogen-bond donors (Lipinski definition) is 2. The number of piperidine rings is 1. The first-order chi connectivity index (χ1) is 12.2. The number of thiazole rings is 1. The van der Waals surface area contributed by atoms with E-state index in [2.05, 4.69) is 32.9 Å². The Bertz CT molecular complexity index is 748. The van der Waals surface area contributed by atoms with E-state index in [9.17, 15) is 4.79 Å². The second-order valence-corrected chi connectivity index (χ2v) is 8.01. The van der Waals surface area contributed by atoms with Gasteiger partial charge in [-0.15, -0.1) is 16.4 Å². The normalized spacial score (nSPS) is 21.1. The standard InChI is InChI=1S/C17H24N6OS/c1-2-11-3-4-13-15(9-11)25-17(19-13)20-16(24)14-10-23(22-21-14)12-5-7-18-8-6-12/h10-12,18H,2-9H2,1H3,(H,19,20,24). The number of nitrogens with zero attached hydrogens (tertiary/aromatic N) is 4. The number of amides is 1. The molecule has 1 aliphatic heterocycles. The van der Waals surface area contributed by atoms with Crippen molar-refractivity contribution in [3.63, 3.8) is 0 Å². The highest BCUT2D eigenvalue weighted by molar-refractivity contribution is 7.15. The molecule has 0 aromatic carbocycles. The minimum atomic E-state index is -0.224. The molecule has 1 amide bonds. The van der Waals surface area contributed by atoms with Crippen molar-refractivity contribution in [2.24, 2.45) is 5.92 Å². The van der Waals surface area contributed by atoms with E-state index < -0.39 is 0 Å². The molecule has 1 fully saturated rings. The van der Waals surface area contributed by atoms with Gasteiger partial charge in [-0.2, -0.15) is 0 Å². The van der Waals surface area contributed by atoms with Crippen LogP contribution in [0.1, 0.15) is 59.7 Å². The summed E-state index contributed by atoms with van der Waals surface area (Å²) in [6.07, 6.45) is 8.30. The van der Waals surface area contributed by atoms with Crippen LogP contribution in [-0.4, -0.2) is 39.0 Å². The monoisotopic (exact) mass is 360 g/mol. The summed E-state index contributed by atoms with van der Waals surface area (Å²) in [5, 5.41) is 15.1. The average molecular weight is 360 g/mol. The van der Waals surface area contributed by atoms with Crippen LogP contribution in [0.5, 0.6) is 0 Å². The fourth-order valence-corrected chi connectivity index (χ4v) is 4.75. The topological polar surface area (TPSA) is 84.7 Å². The summed E-state index contributed by atoms with van der Waals surface area (Å²) in [5.41, 5.74) is 1.52. The van der Waals surface area contributed by atoms with Gasteiger partial charge in [0.1, 0.15) is 0 Å². The van der Waals surface area contributed by atoms with E-state index in [1.165, 1.54) is 17.7 Å². The molecule has 1 saturated heterocycles. The summed E-state index contributed by atoms with van der Waals surface area (Å²) in [6, 6.07) is 0.327. The maximum absolute atomic E-state index is 12.5. The number of fused-ring (bicyclic) bond motifs is 1. The summed E-state index contributed by atoms with van der Waals surface area (Å²) in [6.45, 7) is 4.20. The Labute approximate surface area is 151 Å². The summed E-state index contributed by atoms with van der Waals surface area (Å²) in [5.74, 6) is 0.528. The third-order valence-electron chi connectivity index (χ3n) is 5.27. The van der Waals surface area contributed by atoms with Crippen molar-refractivity contribution < 1.29 is 4.79 Å². The van der Waals surface area contributed by atoms with Gasteiger partial charge in [0, 0.05) is 4.88 Å². The van der Waals surface area contributed by atoms with E-state index in [1.807, 2.05) is 4.68 Å². The molecule has 8 heteroatoms. The minimum absolute atomic E-state index is 0.224. The van der Waals surface area contributed by atoms with E-state index >= 15 is 0 Å². The number of hydrogen-bond acceptors (Lipinski definition) is 6. The molecule has 0 bridgehead atoms. The van der Waals surface area contributed by atoms with Crippen LogP contribution in [0.2, 0.25) is 0 Å². The molecule has 25 heavy (non-hydrogen) atoms. The van der Waals surface area contributed by atoms with Crippen LogP contribution in [0.3, 0.4) is 0 Å². The molecule has 0 saturated carbocycles. The molecule has 134 valence electrons. The molecular weight excluding hydrogens is 336 g/mol. The van der Waals surface area contributed by atoms with Gasteiger partial charge in [-0.25, -0.2) is 9.67 Å². The Morgan fingerprint density at radius 3 is 3.04 bits per heavy atom. The first kappa shape index (κ1) is 16.7. The van der Waals surface area contributed by atoms with Crippen LogP contribution in [0.4, 0.5) is 5.13 Å². The van der Waals surface area contributed by atoms with Gasteiger partial charge in [-0.1, -0.05) is 18.6 Å². The molecule has 7 nitrogen and oxygen atoms in total. The summed E-state index contributed by atoms with van der Waals surface area (Å²) < 4.78 is 1.83. The van der Waals surface area contributed by atoms with E-state index in [0.29, 0.717) is 16.9 Å². The van der Waals surface area contributed by atoms with Gasteiger partial charge in [-0.3, -0.25) is 10.1 Å². The molecule has 0 spiro atoms. The van der Waals surface area contributed by atoms with Crippen molar-refractivity contribution in [1.82, 2.24) is 25.3 Å². The Morgan fingerprint density at radius 1 is 1.40 bits per heavy atom. The van der Waals surface area contributed by atoms with Gasteiger partial charge in [0.05, 0.1) is 17.9 Å². The van der Waals surface area contributed by atoms with Crippen LogP contribution in [0.15, 0.2) is 6.20 Å². The minimum Gasteiger partial charge on any atom is -0.317 e. The second-order valence-electron chi connectivity index (χ2n) is 6.93. The van der Waals surface area contributed by atoms with Gasteiger partial charge < -0.3 is 5.32 Å². The maximum atomic E-state index is 12.5. The quantitative estimate of drug-likeness (QED) is 0.875. The zero-order valence-corrected chi connectivity index (χ0v) is 15.3. The Morgan fingerprint density at radius 2 is 2.24 bits per heavy atom. The summed E-state index contributed by atoms with van der Waals surface area (Å²) in [7, 11) is 0. The van der Waals surface area contributed by atoms with Crippen molar-refractivity contribution in [2.45, 2.75) is 51.5 Å². The van der Waals surface area contributed by atoms with Crippen molar-refractivity contribution >= 4 is 22.4 Å². The zero-order chi connectivity index (χ0) is 17.2. The second kappa shape index (κ2) is 7.21. The van der Waals surface area contributed by atoms with Gasteiger partial charge in [0.2, 0.25) is 0 Å². The number of nitrogens with one attached hydrogen (secondary N) is 2. The number of aromatic nitrogens is 4. The van der Waals surface area contributed by atoms with Crippen LogP contribution >= 0.6 is 11.3 Å². The van der Waals surface area contributed by atoms with Crippen LogP contribution in [-0.2, 0) is 12.8 Å². The fraction of sp³-hybridized carbons (Fsp3) is 0.647. The Kier molecular flexibility index (Phi) is 4.80. The molecule has 3 heterocycles. The number of anilines is 1. The molecule has 4 rings (SSSR count). The van der Waals surface area contributed by atoms with E-state index in [1.54, 1.807) is 17.5 Å². The molecular formula is C17H24N6OS. The lowest BCUT2D eigenvalue weighted by Crippen LogP contribution is -2.29. The number of rotatable bonds is 4. The Balaban J connectivity index is 1.42. The van der Waals surface area contributed by atoms with Crippen LogP contribution in [0, 0.1) is 5.92 Å². The van der Waals surface area contributed by atoms with Crippen molar-refractivity contribution in [3.8, 4) is 0 Å². The Hall–Kier alpha value is -1.80. The van der Waals surface area contributed by atoms with Crippen LogP contribution < -0.4 is 10.6 Å². The highest BCUT2D eigenvalue weighted by Crippen LogP contribution is 2.33. The van der Waals surface area contributed by atoms with Gasteiger partial charge in [0.25, 0.3) is 5.91 Å². The van der Waals surface area contributed by atoms with Gasteiger partial charge in [0.15, 0.2) is 10.8 Å². The summed E-state index contributed by atoms with van der Waals surface area (Å²) >= 11 is 1.61. The third kappa shape index (κ3) is 3.59. The highest BCUT2D eigenvalue weighted by atomic mass is 32.1. The summed E-state index contributed by atoms with van der Waals surface area (Å²) in [4.78, 5) is 18.4. The molecule has 1 atom stereocenters. The molecule has 2 aromatic rings. The molecule has 0 radical (unpaired) electrons. The van der Waals surface area contributed by atoms with E-state index in [4.69, 9.17) is 0 Å². The van der Waals surface area contributed by atoms with Gasteiger partial charge >= 0.3 is 0 Å². The van der Waals surface area contributed by atoms with E-state index in [-0.39, 0.29) is 5.91 Å². The first-order valence-corrected chi connectivity index (χ1v) is 9.97. The lowest BCUT2D eigenvalue weighted by Gasteiger charge is -2.21. The van der Waals surface area contributed by atoms with Crippen molar-refractivity contribution in [2.75, 3.05) is 18.4 Å². The predicted molar refractivity (Wildman–Crippen MR) is 97.0 cm³/mol. The lowest BCUT2D eigenvalue weighted by atomic mass is 9.89. The molecule has 2 aliphatic rings. The SMILES string of the molecule is CCC1CCc2nc(NC(=O)c3cn(C4CCNCC4)nn3)sc2C1. The van der Waals surface area contributed by atoms with Crippen molar-refractivity contribution in [1.29, 1.82) is 0 Å². The third-order valence-corrected chi connectivity index (χ3v) is 6.30. The molecule has 1 aliphatic carbocycles. The smallest absolute Gasteiger partial charge is 0.279 e. The van der Waals surface area contributed by atoms with Crippen LogP contribution in [0.25, 0.3) is 0 Å².